The van der Waals surface area contributed by atoms with Crippen LogP contribution in [0.2, 0.25) is 0 Å². The number of hydrogen-bond acceptors (Lipinski definition) is 5. The Morgan fingerprint density at radius 3 is 2.36 bits per heavy atom. The van der Waals surface area contributed by atoms with Crippen LogP contribution in [0.4, 0.5) is 0 Å². The highest BCUT2D eigenvalue weighted by Gasteiger charge is 2.34. The highest BCUT2D eigenvalue weighted by Crippen LogP contribution is 2.29. The van der Waals surface area contributed by atoms with Crippen LogP contribution in [0.1, 0.15) is 25.7 Å². The largest absolute Gasteiger partial charge is 0.497 e. The second kappa shape index (κ2) is 7.08. The van der Waals surface area contributed by atoms with E-state index in [1.54, 1.807) is 5.48 Å². The number of ether oxygens (including phenoxy) is 1. The van der Waals surface area contributed by atoms with E-state index in [0.717, 1.165) is 25.7 Å². The average molecular weight is 328 g/mol. The van der Waals surface area contributed by atoms with Crippen molar-refractivity contribution in [1.82, 2.24) is 10.2 Å². The van der Waals surface area contributed by atoms with Crippen LogP contribution in [-0.4, -0.2) is 32.7 Å². The second-order valence-corrected chi connectivity index (χ2v) is 7.01. The molecule has 0 spiro atoms. The predicted octanol–water partition coefficient (Wildman–Crippen LogP) is 1.04. The molecule has 1 saturated carbocycles. The van der Waals surface area contributed by atoms with Gasteiger partial charge >= 0.3 is 0 Å². The fourth-order valence-corrected chi connectivity index (χ4v) is 3.98. The van der Waals surface area contributed by atoms with Gasteiger partial charge < -0.3 is 4.74 Å². The van der Waals surface area contributed by atoms with Gasteiger partial charge in [0, 0.05) is 0 Å². The molecule has 1 aliphatic carbocycles. The summed E-state index contributed by atoms with van der Waals surface area (Å²) in [5, 5.41) is 8.85. The van der Waals surface area contributed by atoms with Crippen LogP contribution in [0, 0.1) is 5.92 Å². The molecule has 1 aliphatic rings. The van der Waals surface area contributed by atoms with Crippen LogP contribution in [0.5, 0.6) is 5.75 Å². The van der Waals surface area contributed by atoms with Gasteiger partial charge in [-0.05, 0) is 43.0 Å². The Morgan fingerprint density at radius 1 is 1.27 bits per heavy atom. The van der Waals surface area contributed by atoms with E-state index < -0.39 is 22.0 Å². The average Bonchev–Trinajstić information content (AvgIpc) is 3.06. The normalized spacial score (nSPS) is 17.2. The first-order valence-corrected chi connectivity index (χ1v) is 8.56. The molecule has 0 aliphatic heterocycles. The molecule has 0 heterocycles. The third-order valence-electron chi connectivity index (χ3n) is 3.92. The summed E-state index contributed by atoms with van der Waals surface area (Å²) in [7, 11) is -2.36. The second-order valence-electron chi connectivity index (χ2n) is 5.30. The molecular weight excluding hydrogens is 308 g/mol. The number of hydroxylamine groups is 1. The number of carbonyl (C=O) groups is 1. The fourth-order valence-electron chi connectivity index (χ4n) is 2.71. The van der Waals surface area contributed by atoms with Gasteiger partial charge in [0.15, 0.2) is 0 Å². The number of methoxy groups -OCH3 is 1. The quantitative estimate of drug-likeness (QED) is 0.534. The lowest BCUT2D eigenvalue weighted by molar-refractivity contribution is -0.132. The van der Waals surface area contributed by atoms with Crippen LogP contribution in [0.3, 0.4) is 0 Å². The van der Waals surface area contributed by atoms with Crippen molar-refractivity contribution in [3.63, 3.8) is 0 Å². The zero-order valence-electron chi connectivity index (χ0n) is 12.3. The van der Waals surface area contributed by atoms with Crippen molar-refractivity contribution >= 4 is 15.9 Å². The third kappa shape index (κ3) is 3.76. The van der Waals surface area contributed by atoms with Crippen molar-refractivity contribution < 1.29 is 23.2 Å². The third-order valence-corrected chi connectivity index (χ3v) is 5.37. The molecule has 1 aromatic carbocycles. The highest BCUT2D eigenvalue weighted by atomic mass is 32.2. The van der Waals surface area contributed by atoms with Crippen LogP contribution in [-0.2, 0) is 14.8 Å². The Balaban J connectivity index is 2.20. The number of sulfonamides is 1. The van der Waals surface area contributed by atoms with E-state index in [0.29, 0.717) is 5.75 Å². The van der Waals surface area contributed by atoms with E-state index in [9.17, 15) is 13.2 Å². The molecule has 0 bridgehead atoms. The summed E-state index contributed by atoms with van der Waals surface area (Å²) in [6.07, 6.45) is 3.40. The summed E-state index contributed by atoms with van der Waals surface area (Å²) < 4.78 is 32.2. The first kappa shape index (κ1) is 16.7. The number of carbonyl (C=O) groups excluding carboxylic acids is 1. The fraction of sp³-hybridized carbons (Fsp3) is 0.500. The van der Waals surface area contributed by atoms with E-state index in [1.165, 1.54) is 31.4 Å². The van der Waals surface area contributed by atoms with Crippen LogP contribution >= 0.6 is 0 Å². The maximum atomic E-state index is 12.4. The van der Waals surface area contributed by atoms with E-state index in [1.807, 2.05) is 0 Å². The Labute approximate surface area is 129 Å². The lowest BCUT2D eigenvalue weighted by atomic mass is 9.99. The summed E-state index contributed by atoms with van der Waals surface area (Å²) in [6.45, 7) is 0. The smallest absolute Gasteiger partial charge is 0.261 e. The monoisotopic (exact) mass is 328 g/mol. The Bertz CT molecular complexity index is 609. The zero-order chi connectivity index (χ0) is 16.2. The van der Waals surface area contributed by atoms with Gasteiger partial charge in [0.1, 0.15) is 11.8 Å². The Morgan fingerprint density at radius 2 is 1.86 bits per heavy atom. The van der Waals surface area contributed by atoms with E-state index in [2.05, 4.69) is 4.72 Å². The van der Waals surface area contributed by atoms with Crippen LogP contribution in [0.25, 0.3) is 0 Å². The van der Waals surface area contributed by atoms with Gasteiger partial charge in [-0.2, -0.15) is 4.72 Å². The highest BCUT2D eigenvalue weighted by molar-refractivity contribution is 7.89. The molecule has 3 N–H and O–H groups in total. The van der Waals surface area contributed by atoms with Gasteiger partial charge in [-0.1, -0.05) is 12.8 Å². The Hall–Kier alpha value is -1.64. The molecule has 1 unspecified atom stereocenters. The van der Waals surface area contributed by atoms with Crippen LogP contribution in [0.15, 0.2) is 29.2 Å². The molecule has 8 heteroatoms. The van der Waals surface area contributed by atoms with Crippen molar-refractivity contribution in [2.45, 2.75) is 36.6 Å². The number of rotatable bonds is 6. The molecule has 1 aromatic rings. The lowest BCUT2D eigenvalue weighted by Gasteiger charge is -2.22. The SMILES string of the molecule is COc1ccc(S(=O)(=O)NC(C(=O)NO)C2CCCC2)cc1. The van der Waals surface area contributed by atoms with Crippen molar-refractivity contribution in [2.75, 3.05) is 7.11 Å². The summed E-state index contributed by atoms with van der Waals surface area (Å²) in [4.78, 5) is 11.8. The number of hydrogen-bond donors (Lipinski definition) is 3. The first-order chi connectivity index (χ1) is 10.5. The van der Waals surface area contributed by atoms with Gasteiger partial charge in [0.05, 0.1) is 12.0 Å². The standard InChI is InChI=1S/C14H20N2O5S/c1-21-11-6-8-12(9-7-11)22(19,20)16-13(14(17)15-18)10-4-2-3-5-10/h6-10,13,16,18H,2-5H2,1H3,(H,15,17). The molecule has 1 atom stereocenters. The molecule has 0 radical (unpaired) electrons. The first-order valence-electron chi connectivity index (χ1n) is 7.08. The minimum atomic E-state index is -3.85. The van der Waals surface area contributed by atoms with Gasteiger partial charge in [-0.25, -0.2) is 13.9 Å². The number of amides is 1. The van der Waals surface area contributed by atoms with Gasteiger partial charge in [-0.15, -0.1) is 0 Å². The van der Waals surface area contributed by atoms with Crippen LogP contribution < -0.4 is 14.9 Å². The van der Waals surface area contributed by atoms with Crippen molar-refractivity contribution in [2.24, 2.45) is 5.92 Å². The summed E-state index contributed by atoms with van der Waals surface area (Å²) in [6, 6.07) is 4.91. The van der Waals surface area contributed by atoms with Gasteiger partial charge in [0.25, 0.3) is 5.91 Å². The zero-order valence-corrected chi connectivity index (χ0v) is 13.1. The topological polar surface area (TPSA) is 105 Å². The lowest BCUT2D eigenvalue weighted by Crippen LogP contribution is -2.49. The number of benzene rings is 1. The molecule has 2 rings (SSSR count). The minimum Gasteiger partial charge on any atom is -0.497 e. The number of nitrogens with one attached hydrogen (secondary N) is 2. The maximum Gasteiger partial charge on any atom is 0.261 e. The van der Waals surface area contributed by atoms with Crippen molar-refractivity contribution in [3.05, 3.63) is 24.3 Å². The maximum absolute atomic E-state index is 12.4. The van der Waals surface area contributed by atoms with Gasteiger partial charge in [0.2, 0.25) is 10.0 Å². The summed E-state index contributed by atoms with van der Waals surface area (Å²) in [5.74, 6) is -0.302. The van der Waals surface area contributed by atoms with E-state index in [-0.39, 0.29) is 10.8 Å². The molecule has 0 aromatic heterocycles. The molecule has 22 heavy (non-hydrogen) atoms. The molecule has 1 amide bonds. The molecule has 0 saturated heterocycles. The summed E-state index contributed by atoms with van der Waals surface area (Å²) in [5.41, 5.74) is 1.55. The Kier molecular flexibility index (Phi) is 5.38. The minimum absolute atomic E-state index is 0.0436. The molecule has 1 fully saturated rings. The molecular formula is C14H20N2O5S. The van der Waals surface area contributed by atoms with Crippen molar-refractivity contribution in [1.29, 1.82) is 0 Å². The molecule has 122 valence electrons. The predicted molar refractivity (Wildman–Crippen MR) is 79.0 cm³/mol. The van der Waals surface area contributed by atoms with E-state index in [4.69, 9.17) is 9.94 Å². The van der Waals surface area contributed by atoms with Crippen molar-refractivity contribution in [3.8, 4) is 5.75 Å². The molecule has 7 nitrogen and oxygen atoms in total. The van der Waals surface area contributed by atoms with E-state index >= 15 is 0 Å². The summed E-state index contributed by atoms with van der Waals surface area (Å²) >= 11 is 0. The van der Waals surface area contributed by atoms with Gasteiger partial charge in [-0.3, -0.25) is 10.0 Å².